The number of hydrogen-bond donors (Lipinski definition) is 3. The molecule has 0 amide bonds. The van der Waals surface area contributed by atoms with Crippen molar-refractivity contribution in [1.82, 2.24) is 15.0 Å². The molecular weight excluding hydrogens is 274 g/mol. The van der Waals surface area contributed by atoms with Gasteiger partial charge >= 0.3 is 0 Å². The highest BCUT2D eigenvalue weighted by molar-refractivity contribution is 7.89. The molecule has 0 bridgehead atoms. The Morgan fingerprint density at radius 2 is 2.15 bits per heavy atom. The summed E-state index contributed by atoms with van der Waals surface area (Å²) in [7, 11) is -3.36. The van der Waals surface area contributed by atoms with Crippen LogP contribution in [0.3, 0.4) is 0 Å². The van der Waals surface area contributed by atoms with E-state index in [1.807, 2.05) is 0 Å². The molecule has 1 heterocycles. The molecular formula is C14H25N3O2S. The molecule has 1 aliphatic carbocycles. The smallest absolute Gasteiger partial charge is 0.242 e. The predicted molar refractivity (Wildman–Crippen MR) is 79.9 cm³/mol. The minimum Gasteiger partial charge on any atom is -0.363 e. The maximum atomic E-state index is 12.1. The van der Waals surface area contributed by atoms with E-state index in [1.165, 1.54) is 12.8 Å². The number of nitrogens with one attached hydrogen (secondary N) is 3. The quantitative estimate of drug-likeness (QED) is 0.578. The van der Waals surface area contributed by atoms with E-state index in [-0.39, 0.29) is 0 Å². The summed E-state index contributed by atoms with van der Waals surface area (Å²) < 4.78 is 26.8. The summed E-state index contributed by atoms with van der Waals surface area (Å²) in [5.41, 5.74) is 0.900. The van der Waals surface area contributed by atoms with Crippen LogP contribution in [0.5, 0.6) is 0 Å². The number of rotatable bonds is 10. The van der Waals surface area contributed by atoms with Gasteiger partial charge < -0.3 is 10.3 Å². The summed E-state index contributed by atoms with van der Waals surface area (Å²) >= 11 is 0. The van der Waals surface area contributed by atoms with Crippen LogP contribution in [0.1, 0.15) is 44.7 Å². The van der Waals surface area contributed by atoms with E-state index in [2.05, 4.69) is 21.9 Å². The summed E-state index contributed by atoms with van der Waals surface area (Å²) in [6, 6.07) is 1.70. The molecule has 1 aliphatic rings. The van der Waals surface area contributed by atoms with Crippen molar-refractivity contribution in [2.45, 2.75) is 50.5 Å². The van der Waals surface area contributed by atoms with Crippen LogP contribution in [0.4, 0.5) is 0 Å². The molecule has 0 radical (unpaired) electrons. The standard InChI is InChI=1S/C14H25N3O2S/c1-2-7-15-10-13-9-14(11-16-13)20(18,19)17-8-3-4-12-5-6-12/h9,11-12,15-17H,2-8,10H2,1H3. The third kappa shape index (κ3) is 4.92. The van der Waals surface area contributed by atoms with E-state index in [1.54, 1.807) is 12.3 Å². The number of H-pyrrole nitrogens is 1. The van der Waals surface area contributed by atoms with Gasteiger partial charge in [0.25, 0.3) is 0 Å². The Morgan fingerprint density at radius 1 is 1.35 bits per heavy atom. The van der Waals surface area contributed by atoms with Crippen molar-refractivity contribution in [2.24, 2.45) is 5.92 Å². The van der Waals surface area contributed by atoms with Crippen molar-refractivity contribution in [2.75, 3.05) is 13.1 Å². The van der Waals surface area contributed by atoms with Crippen molar-refractivity contribution in [3.63, 3.8) is 0 Å². The van der Waals surface area contributed by atoms with E-state index in [0.29, 0.717) is 18.0 Å². The summed E-state index contributed by atoms with van der Waals surface area (Å²) in [5, 5.41) is 3.24. The molecule has 114 valence electrons. The maximum Gasteiger partial charge on any atom is 0.242 e. The third-order valence-corrected chi connectivity index (χ3v) is 4.99. The van der Waals surface area contributed by atoms with Gasteiger partial charge in [-0.2, -0.15) is 0 Å². The van der Waals surface area contributed by atoms with Crippen LogP contribution in [-0.4, -0.2) is 26.5 Å². The van der Waals surface area contributed by atoms with E-state index < -0.39 is 10.0 Å². The zero-order valence-electron chi connectivity index (χ0n) is 12.1. The van der Waals surface area contributed by atoms with Crippen LogP contribution in [0, 0.1) is 5.92 Å². The monoisotopic (exact) mass is 299 g/mol. The molecule has 0 atom stereocenters. The zero-order chi connectivity index (χ0) is 14.4. The van der Waals surface area contributed by atoms with Crippen molar-refractivity contribution < 1.29 is 8.42 Å². The lowest BCUT2D eigenvalue weighted by molar-refractivity contribution is 0.572. The number of sulfonamides is 1. The maximum absolute atomic E-state index is 12.1. The molecule has 1 fully saturated rings. The van der Waals surface area contributed by atoms with Gasteiger partial charge in [0.15, 0.2) is 0 Å². The van der Waals surface area contributed by atoms with Crippen molar-refractivity contribution in [3.8, 4) is 0 Å². The lowest BCUT2D eigenvalue weighted by Crippen LogP contribution is -2.24. The van der Waals surface area contributed by atoms with Crippen LogP contribution >= 0.6 is 0 Å². The van der Waals surface area contributed by atoms with Gasteiger partial charge in [0.05, 0.1) is 4.90 Å². The van der Waals surface area contributed by atoms with Crippen LogP contribution in [0.2, 0.25) is 0 Å². The topological polar surface area (TPSA) is 74.0 Å². The van der Waals surface area contributed by atoms with E-state index in [4.69, 9.17) is 0 Å². The van der Waals surface area contributed by atoms with Gasteiger partial charge in [-0.15, -0.1) is 0 Å². The molecule has 6 heteroatoms. The number of aromatic amines is 1. The molecule has 0 saturated heterocycles. The Bertz CT molecular complexity index is 506. The SMILES string of the molecule is CCCNCc1cc(S(=O)(=O)NCCCC2CC2)c[nH]1. The molecule has 0 aliphatic heterocycles. The Kier molecular flexibility index (Phi) is 5.63. The molecule has 1 aromatic rings. The van der Waals surface area contributed by atoms with Gasteiger partial charge in [0.1, 0.15) is 0 Å². The molecule has 1 saturated carbocycles. The first-order chi connectivity index (χ1) is 9.62. The van der Waals surface area contributed by atoms with E-state index in [9.17, 15) is 8.42 Å². The van der Waals surface area contributed by atoms with Crippen LogP contribution < -0.4 is 10.0 Å². The fourth-order valence-electron chi connectivity index (χ4n) is 2.16. The van der Waals surface area contributed by atoms with Gasteiger partial charge in [0.2, 0.25) is 10.0 Å². The number of hydrogen-bond acceptors (Lipinski definition) is 3. The van der Waals surface area contributed by atoms with Crippen molar-refractivity contribution >= 4 is 10.0 Å². The summed E-state index contributed by atoms with van der Waals surface area (Å²) in [4.78, 5) is 3.34. The summed E-state index contributed by atoms with van der Waals surface area (Å²) in [5.74, 6) is 0.850. The average molecular weight is 299 g/mol. The molecule has 3 N–H and O–H groups in total. The highest BCUT2D eigenvalue weighted by Crippen LogP contribution is 2.33. The molecule has 0 aromatic carbocycles. The van der Waals surface area contributed by atoms with E-state index in [0.717, 1.165) is 37.4 Å². The van der Waals surface area contributed by atoms with Crippen LogP contribution in [-0.2, 0) is 16.6 Å². The highest BCUT2D eigenvalue weighted by Gasteiger charge is 2.21. The largest absolute Gasteiger partial charge is 0.363 e. The Morgan fingerprint density at radius 3 is 2.85 bits per heavy atom. The molecule has 0 spiro atoms. The van der Waals surface area contributed by atoms with E-state index >= 15 is 0 Å². The summed E-state index contributed by atoms with van der Waals surface area (Å²) in [6.07, 6.45) is 7.33. The second kappa shape index (κ2) is 7.24. The minimum absolute atomic E-state index is 0.331. The molecule has 5 nitrogen and oxygen atoms in total. The lowest BCUT2D eigenvalue weighted by atomic mass is 10.2. The summed E-state index contributed by atoms with van der Waals surface area (Å²) in [6.45, 7) is 4.24. The van der Waals surface area contributed by atoms with Gasteiger partial charge in [-0.25, -0.2) is 13.1 Å². The first kappa shape index (κ1) is 15.5. The van der Waals surface area contributed by atoms with Crippen LogP contribution in [0.15, 0.2) is 17.2 Å². The van der Waals surface area contributed by atoms with Crippen LogP contribution in [0.25, 0.3) is 0 Å². The molecule has 20 heavy (non-hydrogen) atoms. The first-order valence-electron chi connectivity index (χ1n) is 7.49. The molecule has 2 rings (SSSR count). The van der Waals surface area contributed by atoms with Crippen molar-refractivity contribution in [1.29, 1.82) is 0 Å². The first-order valence-corrected chi connectivity index (χ1v) is 8.98. The zero-order valence-corrected chi connectivity index (χ0v) is 12.9. The Hall–Kier alpha value is -0.850. The second-order valence-corrected chi connectivity index (χ2v) is 7.29. The van der Waals surface area contributed by atoms with Gasteiger partial charge in [-0.1, -0.05) is 19.8 Å². The minimum atomic E-state index is -3.36. The third-order valence-electron chi connectivity index (χ3n) is 3.55. The highest BCUT2D eigenvalue weighted by atomic mass is 32.2. The van der Waals surface area contributed by atoms with Gasteiger partial charge in [0, 0.05) is 25.0 Å². The molecule has 0 unspecified atom stereocenters. The normalized spacial score (nSPS) is 15.7. The second-order valence-electron chi connectivity index (χ2n) is 5.52. The van der Waals surface area contributed by atoms with Crippen molar-refractivity contribution in [3.05, 3.63) is 18.0 Å². The Labute approximate surface area is 121 Å². The van der Waals surface area contributed by atoms with Gasteiger partial charge in [-0.3, -0.25) is 0 Å². The average Bonchev–Trinajstić information content (AvgIpc) is 3.11. The lowest BCUT2D eigenvalue weighted by Gasteiger charge is -2.04. The fraction of sp³-hybridized carbons (Fsp3) is 0.714. The predicted octanol–water partition coefficient (Wildman–Crippen LogP) is 1.98. The Balaban J connectivity index is 1.78. The molecule has 1 aromatic heterocycles. The number of aromatic nitrogens is 1. The fourth-order valence-corrected chi connectivity index (χ4v) is 3.25. The van der Waals surface area contributed by atoms with Gasteiger partial charge in [-0.05, 0) is 37.8 Å².